The molecule has 1 spiro atoms. The molecule has 4 aliphatic heterocycles. The average molecular weight is 540 g/mol. The van der Waals surface area contributed by atoms with Crippen LogP contribution in [0, 0.1) is 5.41 Å². The van der Waals surface area contributed by atoms with Crippen molar-refractivity contribution in [3.05, 3.63) is 77.4 Å². The predicted molar refractivity (Wildman–Crippen MR) is 146 cm³/mol. The number of nitrogens with zero attached hydrogens (tertiary/aromatic N) is 2. The fraction of sp³-hybridized carbons (Fsp3) is 0.323. The van der Waals surface area contributed by atoms with Crippen LogP contribution in [0.3, 0.4) is 0 Å². The second-order valence-corrected chi connectivity index (χ2v) is 11.0. The summed E-state index contributed by atoms with van der Waals surface area (Å²) in [6.07, 6.45) is 0.958. The molecule has 0 radical (unpaired) electrons. The number of hydrogen-bond donors (Lipinski definition) is 1. The van der Waals surface area contributed by atoms with Gasteiger partial charge in [0.25, 0.3) is 11.8 Å². The maximum Gasteiger partial charge on any atom is 0.264 e. The summed E-state index contributed by atoms with van der Waals surface area (Å²) in [5.74, 6) is 2.16. The number of nitrogens with one attached hydrogen (secondary N) is 1. The lowest BCUT2D eigenvalue weighted by Crippen LogP contribution is -2.48. The Balaban J connectivity index is 1.25. The molecule has 2 atom stereocenters. The molecule has 9 heteroatoms. The Morgan fingerprint density at radius 3 is 2.77 bits per heavy atom. The Bertz CT molecular complexity index is 1550. The van der Waals surface area contributed by atoms with Gasteiger partial charge in [0.05, 0.1) is 12.3 Å². The highest BCUT2D eigenvalue weighted by Gasteiger charge is 2.53. The van der Waals surface area contributed by atoms with Gasteiger partial charge in [0.1, 0.15) is 11.5 Å². The zero-order valence-corrected chi connectivity index (χ0v) is 22.1. The van der Waals surface area contributed by atoms with E-state index in [0.29, 0.717) is 73.3 Å². The lowest BCUT2D eigenvalue weighted by atomic mass is 9.73. The molecule has 204 valence electrons. The van der Waals surface area contributed by atoms with Gasteiger partial charge in [-0.15, -0.1) is 0 Å². The first kappa shape index (κ1) is 24.5. The van der Waals surface area contributed by atoms with Crippen molar-refractivity contribution in [3.8, 4) is 23.0 Å². The van der Waals surface area contributed by atoms with Crippen LogP contribution in [0.15, 0.2) is 60.7 Å². The molecule has 4 aliphatic rings. The van der Waals surface area contributed by atoms with E-state index in [1.165, 1.54) is 4.90 Å². The molecule has 1 fully saturated rings. The molecule has 7 rings (SSSR count). The maximum atomic E-state index is 13.9. The molecular weight excluding hydrogens is 510 g/mol. The molecule has 40 heavy (non-hydrogen) atoms. The van der Waals surface area contributed by atoms with Crippen LogP contribution in [0.1, 0.15) is 33.8 Å². The number of benzene rings is 3. The van der Waals surface area contributed by atoms with Gasteiger partial charge in [0.2, 0.25) is 5.91 Å². The topological polar surface area (TPSA) is 97.4 Å². The quantitative estimate of drug-likeness (QED) is 0.509. The predicted octanol–water partition coefficient (Wildman–Crippen LogP) is 3.51. The first-order valence-electron chi connectivity index (χ1n) is 13.5. The number of hydrogen-bond acceptors (Lipinski definition) is 6. The van der Waals surface area contributed by atoms with Crippen LogP contribution in [0.25, 0.3) is 0 Å². The minimum absolute atomic E-state index is 0.0187. The monoisotopic (exact) mass is 539 g/mol. The van der Waals surface area contributed by atoms with Crippen LogP contribution in [0.2, 0.25) is 0 Å². The Hall–Kier alpha value is -4.53. The summed E-state index contributed by atoms with van der Waals surface area (Å²) in [4.78, 5) is 42.3. The first-order chi connectivity index (χ1) is 19.4. The van der Waals surface area contributed by atoms with Gasteiger partial charge in [-0.2, -0.15) is 0 Å². The van der Waals surface area contributed by atoms with Crippen molar-refractivity contribution in [1.82, 2.24) is 10.2 Å². The Morgan fingerprint density at radius 1 is 1.00 bits per heavy atom. The number of fused-ring (bicyclic) bond motifs is 5. The Labute approximate surface area is 231 Å². The van der Waals surface area contributed by atoms with Crippen LogP contribution in [-0.2, 0) is 16.0 Å². The van der Waals surface area contributed by atoms with E-state index < -0.39 is 5.41 Å². The van der Waals surface area contributed by atoms with E-state index >= 15 is 0 Å². The van der Waals surface area contributed by atoms with E-state index in [-0.39, 0.29) is 30.2 Å². The molecule has 3 aromatic carbocycles. The molecule has 3 amide bonds. The molecule has 9 nitrogen and oxygen atoms in total. The average Bonchev–Trinajstić information content (AvgIpc) is 3.37. The number of carbonyl (C=O) groups is 3. The SMILES string of the molecule is CN1C(=O)COc2ccc(C(=O)N3C[C@@H]4c5cccc6c5OC[C@]4(CNC(=O)CCc4cccc(c4)O6)C3)cc21. The minimum atomic E-state index is -0.501. The second kappa shape index (κ2) is 9.29. The fourth-order valence-electron chi connectivity index (χ4n) is 6.29. The number of likely N-dealkylation sites (N-methyl/N-ethyl adjacent to an activating group) is 1. The zero-order chi connectivity index (χ0) is 27.4. The summed E-state index contributed by atoms with van der Waals surface area (Å²) in [5, 5.41) is 3.15. The van der Waals surface area contributed by atoms with Crippen molar-refractivity contribution in [2.45, 2.75) is 18.8 Å². The van der Waals surface area contributed by atoms with Crippen molar-refractivity contribution in [3.63, 3.8) is 0 Å². The normalized spacial score (nSPS) is 23.2. The van der Waals surface area contributed by atoms with E-state index in [9.17, 15) is 14.4 Å². The molecule has 0 aromatic heterocycles. The molecule has 3 aromatic rings. The number of aryl methyl sites for hydroxylation is 1. The highest BCUT2D eigenvalue weighted by molar-refractivity contribution is 6.01. The van der Waals surface area contributed by atoms with Crippen molar-refractivity contribution in [2.75, 3.05) is 44.8 Å². The van der Waals surface area contributed by atoms with Gasteiger partial charge < -0.3 is 29.3 Å². The summed E-state index contributed by atoms with van der Waals surface area (Å²) >= 11 is 0. The van der Waals surface area contributed by atoms with Crippen LogP contribution in [0.5, 0.6) is 23.0 Å². The molecule has 4 heterocycles. The van der Waals surface area contributed by atoms with Crippen LogP contribution in [0.4, 0.5) is 5.69 Å². The van der Waals surface area contributed by atoms with Crippen LogP contribution in [-0.4, -0.2) is 62.5 Å². The van der Waals surface area contributed by atoms with Gasteiger partial charge >= 0.3 is 0 Å². The lowest BCUT2D eigenvalue weighted by molar-refractivity contribution is -0.122. The van der Waals surface area contributed by atoms with E-state index in [2.05, 4.69) is 5.32 Å². The maximum absolute atomic E-state index is 13.9. The van der Waals surface area contributed by atoms with E-state index in [1.54, 1.807) is 25.2 Å². The standard InChI is InChI=1S/C31H29N3O6/c1-33-24-13-20(9-10-25(24)38-15-28(33)36)30(37)34-14-23-22-6-3-7-26-29(22)39-18-31(23,17-34)16-32-27(35)11-8-19-4-2-5-21(12-19)40-26/h2-7,9-10,12-13,23H,8,11,14-18H2,1H3,(H,32,35)/t23-,31+/m1/s1. The summed E-state index contributed by atoms with van der Waals surface area (Å²) in [6.45, 7) is 1.59. The Morgan fingerprint density at radius 2 is 1.88 bits per heavy atom. The number of rotatable bonds is 1. The van der Waals surface area contributed by atoms with Crippen LogP contribution < -0.4 is 24.4 Å². The number of likely N-dealkylation sites (tertiary alicyclic amines) is 1. The van der Waals surface area contributed by atoms with Gasteiger partial charge in [-0.05, 0) is 48.4 Å². The molecule has 4 bridgehead atoms. The number of carbonyl (C=O) groups excluding carboxylic acids is 3. The highest BCUT2D eigenvalue weighted by Crippen LogP contribution is 2.53. The number of anilines is 1. The van der Waals surface area contributed by atoms with Crippen LogP contribution >= 0.6 is 0 Å². The van der Waals surface area contributed by atoms with Crippen molar-refractivity contribution >= 4 is 23.4 Å². The number of para-hydroxylation sites is 1. The van der Waals surface area contributed by atoms with Gasteiger partial charge in [-0.3, -0.25) is 14.4 Å². The second-order valence-electron chi connectivity index (χ2n) is 11.0. The number of ether oxygens (including phenoxy) is 3. The molecular formula is C31H29N3O6. The molecule has 0 aliphatic carbocycles. The highest BCUT2D eigenvalue weighted by atomic mass is 16.5. The van der Waals surface area contributed by atoms with Crippen molar-refractivity contribution in [1.29, 1.82) is 0 Å². The minimum Gasteiger partial charge on any atom is -0.489 e. The molecule has 0 saturated carbocycles. The molecule has 0 unspecified atom stereocenters. The third kappa shape index (κ3) is 4.04. The number of amides is 3. The molecule has 1 saturated heterocycles. The summed E-state index contributed by atoms with van der Waals surface area (Å²) < 4.78 is 18.2. The summed E-state index contributed by atoms with van der Waals surface area (Å²) in [7, 11) is 1.68. The zero-order valence-electron chi connectivity index (χ0n) is 22.1. The van der Waals surface area contributed by atoms with Crippen molar-refractivity contribution in [2.24, 2.45) is 5.41 Å². The van der Waals surface area contributed by atoms with Gasteiger partial charge in [-0.1, -0.05) is 24.3 Å². The first-order valence-corrected chi connectivity index (χ1v) is 13.5. The van der Waals surface area contributed by atoms with E-state index in [0.717, 1.165) is 11.1 Å². The summed E-state index contributed by atoms with van der Waals surface area (Å²) in [6, 6.07) is 18.8. The van der Waals surface area contributed by atoms with Crippen molar-refractivity contribution < 1.29 is 28.6 Å². The Kier molecular flexibility index (Phi) is 5.69. The third-order valence-electron chi connectivity index (χ3n) is 8.52. The van der Waals surface area contributed by atoms with Gasteiger partial charge in [0, 0.05) is 55.6 Å². The fourth-order valence-corrected chi connectivity index (χ4v) is 6.29. The largest absolute Gasteiger partial charge is 0.489 e. The van der Waals surface area contributed by atoms with Gasteiger partial charge in [-0.25, -0.2) is 0 Å². The van der Waals surface area contributed by atoms with Gasteiger partial charge in [0.15, 0.2) is 18.1 Å². The summed E-state index contributed by atoms with van der Waals surface area (Å²) in [5.41, 5.74) is 2.54. The van der Waals surface area contributed by atoms with E-state index in [4.69, 9.17) is 14.2 Å². The smallest absolute Gasteiger partial charge is 0.264 e. The van der Waals surface area contributed by atoms with E-state index in [1.807, 2.05) is 47.4 Å². The lowest BCUT2D eigenvalue weighted by Gasteiger charge is -2.39. The third-order valence-corrected chi connectivity index (χ3v) is 8.52. The molecule has 1 N–H and O–H groups in total.